The number of aromatic nitrogens is 2. The molecule has 25 heavy (non-hydrogen) atoms. The van der Waals surface area contributed by atoms with E-state index in [1.165, 1.54) is 12.1 Å². The maximum Gasteiger partial charge on any atom is 0.573 e. The fourth-order valence-corrected chi connectivity index (χ4v) is 2.47. The maximum atomic E-state index is 12.3. The molecule has 8 heteroatoms. The number of halogens is 3. The minimum absolute atomic E-state index is 0.198. The van der Waals surface area contributed by atoms with Crippen LogP contribution in [0, 0.1) is 0 Å². The van der Waals surface area contributed by atoms with Gasteiger partial charge >= 0.3 is 6.36 Å². The third-order valence-electron chi connectivity index (χ3n) is 3.55. The Kier molecular flexibility index (Phi) is 4.35. The number of hydrogen-bond donors (Lipinski definition) is 1. The summed E-state index contributed by atoms with van der Waals surface area (Å²) in [4.78, 5) is 16.7. The summed E-state index contributed by atoms with van der Waals surface area (Å²) in [7, 11) is 0. The molecule has 130 valence electrons. The van der Waals surface area contributed by atoms with Gasteiger partial charge in [-0.15, -0.1) is 13.2 Å². The number of nitrogens with one attached hydrogen (secondary N) is 1. The number of fused-ring (bicyclic) bond motifs is 1. The predicted octanol–water partition coefficient (Wildman–Crippen LogP) is 4.21. The van der Waals surface area contributed by atoms with E-state index in [4.69, 9.17) is 0 Å². The van der Waals surface area contributed by atoms with Crippen molar-refractivity contribution in [2.75, 3.05) is 5.32 Å². The largest absolute Gasteiger partial charge is 0.573 e. The van der Waals surface area contributed by atoms with E-state index in [2.05, 4.69) is 15.0 Å². The van der Waals surface area contributed by atoms with Gasteiger partial charge in [-0.2, -0.15) is 0 Å². The van der Waals surface area contributed by atoms with Crippen LogP contribution in [-0.2, 0) is 6.54 Å². The Morgan fingerprint density at radius 1 is 1.16 bits per heavy atom. The van der Waals surface area contributed by atoms with Crippen molar-refractivity contribution in [1.29, 1.82) is 0 Å². The molecule has 0 unspecified atom stereocenters. The van der Waals surface area contributed by atoms with Crippen molar-refractivity contribution < 1.29 is 22.7 Å². The molecule has 1 N–H and O–H groups in total. The molecule has 0 fully saturated rings. The number of anilines is 1. The van der Waals surface area contributed by atoms with Gasteiger partial charge < -0.3 is 9.30 Å². The number of nitrogens with zero attached hydrogens (tertiary/aromatic N) is 2. The summed E-state index contributed by atoms with van der Waals surface area (Å²) in [6.45, 7) is 2.53. The van der Waals surface area contributed by atoms with Gasteiger partial charge in [0.15, 0.2) is 0 Å². The zero-order valence-corrected chi connectivity index (χ0v) is 13.2. The number of alkyl halides is 3. The van der Waals surface area contributed by atoms with Crippen LogP contribution >= 0.6 is 0 Å². The van der Waals surface area contributed by atoms with Gasteiger partial charge in [0, 0.05) is 12.1 Å². The number of ether oxygens (including phenoxy) is 1. The normalized spacial score (nSPS) is 11.5. The van der Waals surface area contributed by atoms with Gasteiger partial charge in [0.05, 0.1) is 11.0 Å². The Morgan fingerprint density at radius 3 is 2.48 bits per heavy atom. The molecular formula is C17H14F3N3O2. The minimum Gasteiger partial charge on any atom is -0.406 e. The SMILES string of the molecule is CCn1c(NC(=O)c2ccc(OC(F)(F)F)cc2)nc2ccccc21. The van der Waals surface area contributed by atoms with Gasteiger partial charge in [0.2, 0.25) is 5.95 Å². The second-order valence-electron chi connectivity index (χ2n) is 5.19. The fraction of sp³-hybridized carbons (Fsp3) is 0.176. The molecule has 0 radical (unpaired) electrons. The minimum atomic E-state index is -4.77. The van der Waals surface area contributed by atoms with Crippen LogP contribution in [0.3, 0.4) is 0 Å². The smallest absolute Gasteiger partial charge is 0.406 e. The van der Waals surface area contributed by atoms with Gasteiger partial charge in [-0.25, -0.2) is 4.98 Å². The molecule has 1 heterocycles. The lowest BCUT2D eigenvalue weighted by molar-refractivity contribution is -0.274. The molecule has 0 aliphatic heterocycles. The number of hydrogen-bond acceptors (Lipinski definition) is 3. The second-order valence-corrected chi connectivity index (χ2v) is 5.19. The van der Waals surface area contributed by atoms with E-state index in [1.807, 2.05) is 35.8 Å². The Labute approximate surface area is 141 Å². The Hall–Kier alpha value is -3.03. The van der Waals surface area contributed by atoms with Crippen LogP contribution in [0.15, 0.2) is 48.5 Å². The van der Waals surface area contributed by atoms with E-state index in [9.17, 15) is 18.0 Å². The highest BCUT2D eigenvalue weighted by Gasteiger charge is 2.31. The van der Waals surface area contributed by atoms with Gasteiger partial charge in [-0.3, -0.25) is 10.1 Å². The molecule has 5 nitrogen and oxygen atoms in total. The number of carbonyl (C=O) groups is 1. The maximum absolute atomic E-state index is 12.3. The molecule has 3 aromatic rings. The number of para-hydroxylation sites is 2. The van der Waals surface area contributed by atoms with Crippen LogP contribution in [0.5, 0.6) is 5.75 Å². The first kappa shape index (κ1) is 16.8. The van der Waals surface area contributed by atoms with E-state index < -0.39 is 12.3 Å². The molecule has 0 saturated heterocycles. The summed E-state index contributed by atoms with van der Waals surface area (Å²) in [6.07, 6.45) is -4.77. The zero-order chi connectivity index (χ0) is 18.0. The summed E-state index contributed by atoms with van der Waals surface area (Å²) >= 11 is 0. The highest BCUT2D eigenvalue weighted by Crippen LogP contribution is 2.23. The molecule has 2 aromatic carbocycles. The lowest BCUT2D eigenvalue weighted by Gasteiger charge is -2.10. The summed E-state index contributed by atoms with van der Waals surface area (Å²) in [5.41, 5.74) is 1.83. The lowest BCUT2D eigenvalue weighted by atomic mass is 10.2. The molecule has 0 bridgehead atoms. The second kappa shape index (κ2) is 6.46. The van der Waals surface area contributed by atoms with Crippen LogP contribution in [0.2, 0.25) is 0 Å². The number of aryl methyl sites for hydroxylation is 1. The van der Waals surface area contributed by atoms with Crippen LogP contribution in [0.1, 0.15) is 17.3 Å². The monoisotopic (exact) mass is 349 g/mol. The van der Waals surface area contributed by atoms with Crippen LogP contribution in [-0.4, -0.2) is 21.8 Å². The molecular weight excluding hydrogens is 335 g/mol. The third kappa shape index (κ3) is 3.73. The molecule has 3 rings (SSSR count). The first-order valence-electron chi connectivity index (χ1n) is 7.50. The van der Waals surface area contributed by atoms with Crippen molar-refractivity contribution in [3.8, 4) is 5.75 Å². The highest BCUT2D eigenvalue weighted by molar-refractivity contribution is 6.04. The van der Waals surface area contributed by atoms with Crippen molar-refractivity contribution in [2.24, 2.45) is 0 Å². The number of benzene rings is 2. The van der Waals surface area contributed by atoms with Crippen LogP contribution < -0.4 is 10.1 Å². The molecule has 0 saturated carbocycles. The van der Waals surface area contributed by atoms with Crippen molar-refractivity contribution in [3.05, 3.63) is 54.1 Å². The first-order chi connectivity index (χ1) is 11.9. The quantitative estimate of drug-likeness (QED) is 0.768. The average molecular weight is 349 g/mol. The number of amides is 1. The Balaban J connectivity index is 1.80. The first-order valence-corrected chi connectivity index (χ1v) is 7.50. The van der Waals surface area contributed by atoms with Gasteiger partial charge in [0.25, 0.3) is 5.91 Å². The number of carbonyl (C=O) groups excluding carboxylic acids is 1. The molecule has 1 amide bonds. The topological polar surface area (TPSA) is 56.2 Å². The van der Waals surface area contributed by atoms with Gasteiger partial charge in [0.1, 0.15) is 5.75 Å². The third-order valence-corrected chi connectivity index (χ3v) is 3.55. The summed E-state index contributed by atoms with van der Waals surface area (Å²) < 4.78 is 42.1. The van der Waals surface area contributed by atoms with Crippen molar-refractivity contribution in [2.45, 2.75) is 19.8 Å². The average Bonchev–Trinajstić information content (AvgIpc) is 2.90. The van der Waals surface area contributed by atoms with Crippen molar-refractivity contribution >= 4 is 22.9 Å². The summed E-state index contributed by atoms with van der Waals surface area (Å²) in [6, 6.07) is 12.1. The van der Waals surface area contributed by atoms with Crippen molar-refractivity contribution in [1.82, 2.24) is 9.55 Å². The number of imidazole rings is 1. The van der Waals surface area contributed by atoms with E-state index >= 15 is 0 Å². The Bertz CT molecular complexity index is 902. The predicted molar refractivity (Wildman–Crippen MR) is 86.5 cm³/mol. The number of rotatable bonds is 4. The standard InChI is InChI=1S/C17H14F3N3O2/c1-2-23-14-6-4-3-5-13(14)21-16(23)22-15(24)11-7-9-12(10-8-11)25-17(18,19)20/h3-10H,2H2,1H3,(H,21,22,24). The molecule has 0 aliphatic rings. The summed E-state index contributed by atoms with van der Waals surface area (Å²) in [5.74, 6) is -0.474. The van der Waals surface area contributed by atoms with E-state index in [0.29, 0.717) is 12.5 Å². The van der Waals surface area contributed by atoms with Gasteiger partial charge in [-0.05, 0) is 43.3 Å². The fourth-order valence-electron chi connectivity index (χ4n) is 2.47. The van der Waals surface area contributed by atoms with Crippen LogP contribution in [0.4, 0.5) is 19.1 Å². The van der Waals surface area contributed by atoms with E-state index in [1.54, 1.807) is 0 Å². The van der Waals surface area contributed by atoms with Gasteiger partial charge in [-0.1, -0.05) is 12.1 Å². The Morgan fingerprint density at radius 2 is 1.84 bits per heavy atom. The zero-order valence-electron chi connectivity index (χ0n) is 13.2. The van der Waals surface area contributed by atoms with Crippen LogP contribution in [0.25, 0.3) is 11.0 Å². The summed E-state index contributed by atoms with van der Waals surface area (Å²) in [5, 5.41) is 2.68. The molecule has 1 aromatic heterocycles. The van der Waals surface area contributed by atoms with E-state index in [-0.39, 0.29) is 11.3 Å². The highest BCUT2D eigenvalue weighted by atomic mass is 19.4. The lowest BCUT2D eigenvalue weighted by Crippen LogP contribution is -2.18. The molecule has 0 atom stereocenters. The van der Waals surface area contributed by atoms with Crippen molar-refractivity contribution in [3.63, 3.8) is 0 Å². The molecule has 0 spiro atoms. The van der Waals surface area contributed by atoms with E-state index in [0.717, 1.165) is 23.2 Å². The molecule has 0 aliphatic carbocycles.